The molecule has 0 saturated heterocycles. The summed E-state index contributed by atoms with van der Waals surface area (Å²) in [5.41, 5.74) is 0. The third-order valence-corrected chi connectivity index (χ3v) is 3.23. The normalized spacial score (nSPS) is 16.1. The van der Waals surface area contributed by atoms with Crippen molar-refractivity contribution in [2.24, 2.45) is 7.05 Å². The highest BCUT2D eigenvalue weighted by molar-refractivity contribution is 7.80. The average Bonchev–Trinajstić information content (AvgIpc) is 2.90. The topological polar surface area (TPSA) is 54.8 Å². The Kier molecular flexibility index (Phi) is 4.30. The monoisotopic (exact) mass is 253 g/mol. The Balaban J connectivity index is 1.62. The maximum atomic E-state index is 5.24. The van der Waals surface area contributed by atoms with Crippen molar-refractivity contribution in [2.75, 3.05) is 6.54 Å². The Morgan fingerprint density at radius 1 is 1.53 bits per heavy atom. The van der Waals surface area contributed by atoms with Crippen LogP contribution in [0, 0.1) is 0 Å². The molecule has 0 aromatic carbocycles. The molecule has 17 heavy (non-hydrogen) atoms. The minimum absolute atomic E-state index is 0.572. The van der Waals surface area contributed by atoms with Crippen LogP contribution in [-0.2, 0) is 13.5 Å². The molecule has 0 bridgehead atoms. The maximum Gasteiger partial charge on any atom is 0.166 e. The van der Waals surface area contributed by atoms with Gasteiger partial charge in [0.05, 0.1) is 0 Å². The summed E-state index contributed by atoms with van der Waals surface area (Å²) in [5, 5.41) is 11.5. The molecule has 1 aromatic heterocycles. The number of hydrogen-bond donors (Lipinski definition) is 2. The van der Waals surface area contributed by atoms with Gasteiger partial charge in [0.25, 0.3) is 0 Å². The molecular weight excluding hydrogens is 234 g/mol. The Morgan fingerprint density at radius 3 is 2.94 bits per heavy atom. The number of aromatic nitrogens is 3. The van der Waals surface area contributed by atoms with Crippen LogP contribution >= 0.6 is 12.2 Å². The molecule has 1 aliphatic rings. The number of nitrogens with zero attached hydrogens (tertiary/aromatic N) is 3. The molecule has 0 spiro atoms. The summed E-state index contributed by atoms with van der Waals surface area (Å²) in [4.78, 5) is 4.16. The van der Waals surface area contributed by atoms with Crippen LogP contribution in [0.3, 0.4) is 0 Å². The molecule has 1 heterocycles. The maximum absolute atomic E-state index is 5.24. The van der Waals surface area contributed by atoms with Gasteiger partial charge >= 0.3 is 0 Å². The summed E-state index contributed by atoms with van der Waals surface area (Å²) in [6, 6.07) is 0.572. The zero-order chi connectivity index (χ0) is 12.1. The molecule has 1 aliphatic carbocycles. The van der Waals surface area contributed by atoms with Crippen molar-refractivity contribution in [3.8, 4) is 0 Å². The lowest BCUT2D eigenvalue weighted by atomic mass is 10.3. The van der Waals surface area contributed by atoms with Crippen LogP contribution in [0.25, 0.3) is 0 Å². The summed E-state index contributed by atoms with van der Waals surface area (Å²) in [6.45, 7) is 0.780. The van der Waals surface area contributed by atoms with Crippen LogP contribution in [0.4, 0.5) is 0 Å². The van der Waals surface area contributed by atoms with Crippen LogP contribution in [0.15, 0.2) is 6.33 Å². The van der Waals surface area contributed by atoms with Gasteiger partial charge in [-0.25, -0.2) is 4.98 Å². The van der Waals surface area contributed by atoms with Gasteiger partial charge in [-0.15, -0.1) is 0 Å². The molecule has 2 N–H and O–H groups in total. The van der Waals surface area contributed by atoms with Crippen molar-refractivity contribution < 1.29 is 0 Å². The van der Waals surface area contributed by atoms with Gasteiger partial charge in [0, 0.05) is 26.1 Å². The first-order chi connectivity index (χ1) is 8.24. The Morgan fingerprint density at radius 2 is 2.29 bits per heavy atom. The smallest absolute Gasteiger partial charge is 0.166 e. The van der Waals surface area contributed by atoms with E-state index in [0.29, 0.717) is 6.04 Å². The van der Waals surface area contributed by atoms with Gasteiger partial charge in [0.15, 0.2) is 10.9 Å². The van der Waals surface area contributed by atoms with Crippen LogP contribution in [0.2, 0.25) is 0 Å². The minimum Gasteiger partial charge on any atom is -0.362 e. The highest BCUT2D eigenvalue weighted by Gasteiger charge is 2.15. The van der Waals surface area contributed by atoms with Crippen molar-refractivity contribution in [3.63, 3.8) is 0 Å². The van der Waals surface area contributed by atoms with Gasteiger partial charge in [-0.2, -0.15) is 5.10 Å². The quantitative estimate of drug-likeness (QED) is 0.776. The lowest BCUT2D eigenvalue weighted by molar-refractivity contribution is 0.620. The number of nitrogens with one attached hydrogen (secondary N) is 2. The molecule has 5 nitrogen and oxygen atoms in total. The summed E-state index contributed by atoms with van der Waals surface area (Å²) in [6.07, 6.45) is 7.63. The third-order valence-electron chi connectivity index (χ3n) is 2.97. The summed E-state index contributed by atoms with van der Waals surface area (Å²) in [5.74, 6) is 0.851. The van der Waals surface area contributed by atoms with E-state index in [4.69, 9.17) is 12.2 Å². The Hall–Kier alpha value is -1.17. The van der Waals surface area contributed by atoms with Crippen molar-refractivity contribution in [2.45, 2.75) is 38.1 Å². The summed E-state index contributed by atoms with van der Waals surface area (Å²) < 4.78 is 1.71. The zero-order valence-electron chi connectivity index (χ0n) is 10.1. The van der Waals surface area contributed by atoms with Gasteiger partial charge in [0.2, 0.25) is 0 Å². The second-order valence-corrected chi connectivity index (χ2v) is 4.87. The van der Waals surface area contributed by atoms with Crippen LogP contribution in [-0.4, -0.2) is 32.5 Å². The predicted octanol–water partition coefficient (Wildman–Crippen LogP) is 0.764. The Bertz CT molecular complexity index is 370. The molecular formula is C11H19N5S. The highest BCUT2D eigenvalue weighted by Crippen LogP contribution is 2.17. The number of rotatable bonds is 4. The van der Waals surface area contributed by atoms with Crippen LogP contribution in [0.1, 0.15) is 31.5 Å². The standard InChI is InChI=1S/C11H19N5S/c1-16-8-13-10(15-16)6-7-12-11(17)14-9-4-2-3-5-9/h8-9H,2-7H2,1H3,(H2,12,14,17). The minimum atomic E-state index is 0.572. The number of hydrogen-bond acceptors (Lipinski definition) is 3. The van der Waals surface area contributed by atoms with Gasteiger partial charge in [-0.05, 0) is 25.1 Å². The van der Waals surface area contributed by atoms with E-state index in [1.807, 2.05) is 7.05 Å². The summed E-state index contributed by atoms with van der Waals surface area (Å²) >= 11 is 5.24. The van der Waals surface area contributed by atoms with E-state index in [1.54, 1.807) is 11.0 Å². The first-order valence-corrected chi connectivity index (χ1v) is 6.54. The molecule has 1 fully saturated rings. The largest absolute Gasteiger partial charge is 0.362 e. The van der Waals surface area contributed by atoms with Crippen molar-refractivity contribution in [1.29, 1.82) is 0 Å². The van der Waals surface area contributed by atoms with E-state index in [1.165, 1.54) is 25.7 Å². The van der Waals surface area contributed by atoms with Crippen molar-refractivity contribution in [1.82, 2.24) is 25.4 Å². The van der Waals surface area contributed by atoms with Gasteiger partial charge in [0.1, 0.15) is 6.33 Å². The van der Waals surface area contributed by atoms with Gasteiger partial charge < -0.3 is 10.6 Å². The highest BCUT2D eigenvalue weighted by atomic mass is 32.1. The van der Waals surface area contributed by atoms with Gasteiger partial charge in [-0.1, -0.05) is 12.8 Å². The lowest BCUT2D eigenvalue weighted by Gasteiger charge is -2.15. The van der Waals surface area contributed by atoms with Crippen LogP contribution < -0.4 is 10.6 Å². The summed E-state index contributed by atoms with van der Waals surface area (Å²) in [7, 11) is 1.87. The fourth-order valence-corrected chi connectivity index (χ4v) is 2.36. The van der Waals surface area contributed by atoms with E-state index in [2.05, 4.69) is 20.7 Å². The molecule has 1 aromatic rings. The van der Waals surface area contributed by atoms with Crippen LogP contribution in [0.5, 0.6) is 0 Å². The molecule has 94 valence electrons. The first-order valence-electron chi connectivity index (χ1n) is 6.13. The third kappa shape index (κ3) is 3.96. The SMILES string of the molecule is Cn1cnc(CCNC(=S)NC2CCCC2)n1. The Labute approximate surface area is 107 Å². The molecule has 6 heteroatoms. The fraction of sp³-hybridized carbons (Fsp3) is 0.727. The van der Waals surface area contributed by atoms with Crippen molar-refractivity contribution >= 4 is 17.3 Å². The second-order valence-electron chi connectivity index (χ2n) is 4.47. The molecule has 0 unspecified atom stereocenters. The molecule has 2 rings (SSSR count). The molecule has 0 atom stereocenters. The number of thiocarbonyl (C=S) groups is 1. The molecule has 0 aliphatic heterocycles. The lowest BCUT2D eigenvalue weighted by Crippen LogP contribution is -2.41. The van der Waals surface area contributed by atoms with E-state index in [0.717, 1.165) is 23.9 Å². The van der Waals surface area contributed by atoms with Gasteiger partial charge in [-0.3, -0.25) is 4.68 Å². The van der Waals surface area contributed by atoms with E-state index in [-0.39, 0.29) is 0 Å². The van der Waals surface area contributed by atoms with E-state index in [9.17, 15) is 0 Å². The number of aryl methyl sites for hydroxylation is 1. The molecule has 0 amide bonds. The zero-order valence-corrected chi connectivity index (χ0v) is 11.0. The van der Waals surface area contributed by atoms with Crippen molar-refractivity contribution in [3.05, 3.63) is 12.2 Å². The predicted molar refractivity (Wildman–Crippen MR) is 70.7 cm³/mol. The first kappa shape index (κ1) is 12.3. The average molecular weight is 253 g/mol. The second kappa shape index (κ2) is 5.95. The fourth-order valence-electron chi connectivity index (χ4n) is 2.09. The van der Waals surface area contributed by atoms with E-state index >= 15 is 0 Å². The van der Waals surface area contributed by atoms with E-state index < -0.39 is 0 Å². The molecule has 0 radical (unpaired) electrons. The molecule has 1 saturated carbocycles.